The molecule has 0 aliphatic carbocycles. The van der Waals surface area contributed by atoms with Crippen LogP contribution in [0.4, 0.5) is 5.69 Å². The van der Waals surface area contributed by atoms with Gasteiger partial charge < -0.3 is 5.11 Å². The number of fused-ring (bicyclic) bond motifs is 1. The van der Waals surface area contributed by atoms with E-state index in [0.29, 0.717) is 5.06 Å². The van der Waals surface area contributed by atoms with Crippen molar-refractivity contribution in [3.63, 3.8) is 0 Å². The fourth-order valence-electron chi connectivity index (χ4n) is 1.95. The van der Waals surface area contributed by atoms with E-state index in [9.17, 15) is 5.11 Å². The van der Waals surface area contributed by atoms with Crippen molar-refractivity contribution in [3.05, 3.63) is 59.7 Å². The summed E-state index contributed by atoms with van der Waals surface area (Å²) in [7, 11) is 0. The maximum Gasteiger partial charge on any atom is 0.181 e. The monoisotopic (exact) mass is 267 g/mol. The van der Waals surface area contributed by atoms with Crippen LogP contribution >= 0.6 is 11.3 Å². The molecule has 2 nitrogen and oxygen atoms in total. The minimum Gasteiger partial charge on any atom is -0.499 e. The van der Waals surface area contributed by atoms with Crippen molar-refractivity contribution in [1.29, 1.82) is 0 Å². The van der Waals surface area contributed by atoms with E-state index in [0.717, 1.165) is 21.3 Å². The molecule has 0 saturated carbocycles. The highest BCUT2D eigenvalue weighted by molar-refractivity contribution is 7.21. The van der Waals surface area contributed by atoms with Crippen LogP contribution in [0.1, 0.15) is 11.1 Å². The molecule has 0 radical (unpaired) electrons. The van der Waals surface area contributed by atoms with Gasteiger partial charge in [0.2, 0.25) is 0 Å². The van der Waals surface area contributed by atoms with Gasteiger partial charge in [0.1, 0.15) is 0 Å². The Morgan fingerprint density at radius 2 is 1.79 bits per heavy atom. The molecule has 3 rings (SSSR count). The van der Waals surface area contributed by atoms with E-state index in [1.807, 2.05) is 55.5 Å². The topological polar surface area (TPSA) is 32.6 Å². The molecule has 0 fully saturated rings. The van der Waals surface area contributed by atoms with E-state index in [2.05, 4.69) is 4.99 Å². The minimum atomic E-state index is 0.317. The molecular weight excluding hydrogens is 254 g/mol. The zero-order valence-corrected chi connectivity index (χ0v) is 11.3. The van der Waals surface area contributed by atoms with Gasteiger partial charge in [-0.25, -0.2) is 0 Å². The molecule has 0 saturated heterocycles. The summed E-state index contributed by atoms with van der Waals surface area (Å²) >= 11 is 1.38. The first-order chi connectivity index (χ1) is 9.24. The van der Waals surface area contributed by atoms with Gasteiger partial charge in [-0.15, -0.1) is 0 Å². The van der Waals surface area contributed by atoms with Gasteiger partial charge in [0.15, 0.2) is 5.06 Å². The number of aliphatic imine (C=N–C) groups is 1. The third-order valence-electron chi connectivity index (χ3n) is 2.99. The molecule has 0 atom stereocenters. The number of hydrogen-bond donors (Lipinski definition) is 1. The van der Waals surface area contributed by atoms with Gasteiger partial charge in [-0.3, -0.25) is 4.99 Å². The molecule has 0 spiro atoms. The van der Waals surface area contributed by atoms with E-state index in [4.69, 9.17) is 0 Å². The lowest BCUT2D eigenvalue weighted by atomic mass is 10.2. The standard InChI is InChI=1S/C16H13NOS/c1-11-6-8-12(9-7-11)17-10-14-13-4-2-3-5-15(13)19-16(14)18/h2-10,18H,1H3. The average molecular weight is 267 g/mol. The van der Waals surface area contributed by atoms with Crippen molar-refractivity contribution < 1.29 is 5.11 Å². The molecular formula is C16H13NOS. The lowest BCUT2D eigenvalue weighted by Crippen LogP contribution is -1.78. The second-order valence-corrected chi connectivity index (χ2v) is 5.44. The van der Waals surface area contributed by atoms with Crippen molar-refractivity contribution in [2.75, 3.05) is 0 Å². The number of aromatic hydroxyl groups is 1. The third-order valence-corrected chi connectivity index (χ3v) is 3.98. The molecule has 3 aromatic rings. The van der Waals surface area contributed by atoms with Gasteiger partial charge in [-0.05, 0) is 25.1 Å². The first-order valence-electron chi connectivity index (χ1n) is 6.05. The van der Waals surface area contributed by atoms with Crippen LogP contribution in [-0.2, 0) is 0 Å². The average Bonchev–Trinajstić information content (AvgIpc) is 2.74. The number of hydrogen-bond acceptors (Lipinski definition) is 3. The second-order valence-electron chi connectivity index (χ2n) is 4.41. The molecule has 0 aliphatic heterocycles. The largest absolute Gasteiger partial charge is 0.499 e. The molecule has 3 heteroatoms. The van der Waals surface area contributed by atoms with Crippen LogP contribution in [-0.4, -0.2) is 11.3 Å². The Labute approximate surface area is 115 Å². The molecule has 2 aromatic carbocycles. The summed E-state index contributed by atoms with van der Waals surface area (Å²) in [4.78, 5) is 4.42. The number of benzene rings is 2. The fraction of sp³-hybridized carbons (Fsp3) is 0.0625. The van der Waals surface area contributed by atoms with E-state index >= 15 is 0 Å². The predicted octanol–water partition coefficient (Wildman–Crippen LogP) is 4.67. The lowest BCUT2D eigenvalue weighted by molar-refractivity contribution is 0.490. The summed E-state index contributed by atoms with van der Waals surface area (Å²) < 4.78 is 1.07. The summed E-state index contributed by atoms with van der Waals surface area (Å²) in [5, 5.41) is 11.3. The molecule has 0 bridgehead atoms. The Bertz CT molecular complexity index is 741. The Hall–Kier alpha value is -2.13. The van der Waals surface area contributed by atoms with E-state index in [1.54, 1.807) is 6.21 Å². The van der Waals surface area contributed by atoms with Crippen LogP contribution in [0.3, 0.4) is 0 Å². The molecule has 1 N–H and O–H groups in total. The fourth-order valence-corrected chi connectivity index (χ4v) is 2.86. The Balaban J connectivity index is 2.01. The molecule has 0 unspecified atom stereocenters. The highest BCUT2D eigenvalue weighted by atomic mass is 32.1. The third kappa shape index (κ3) is 2.37. The van der Waals surface area contributed by atoms with Crippen LogP contribution in [0.5, 0.6) is 5.06 Å². The van der Waals surface area contributed by atoms with Crippen LogP contribution in [0.25, 0.3) is 10.1 Å². The quantitative estimate of drug-likeness (QED) is 0.673. The van der Waals surface area contributed by atoms with Crippen molar-refractivity contribution in [2.45, 2.75) is 6.92 Å². The number of thiophene rings is 1. The molecule has 0 aliphatic rings. The molecule has 0 amide bonds. The molecule has 19 heavy (non-hydrogen) atoms. The molecule has 1 aromatic heterocycles. The summed E-state index contributed by atoms with van der Waals surface area (Å²) in [5.41, 5.74) is 2.89. The van der Waals surface area contributed by atoms with Crippen molar-refractivity contribution in [2.24, 2.45) is 4.99 Å². The number of nitrogens with zero attached hydrogens (tertiary/aromatic N) is 1. The summed E-state index contributed by atoms with van der Waals surface area (Å²) in [6.07, 6.45) is 1.73. The van der Waals surface area contributed by atoms with E-state index in [1.165, 1.54) is 16.9 Å². The van der Waals surface area contributed by atoms with Crippen LogP contribution in [0.2, 0.25) is 0 Å². The van der Waals surface area contributed by atoms with Gasteiger partial charge in [-0.2, -0.15) is 0 Å². The second kappa shape index (κ2) is 4.86. The van der Waals surface area contributed by atoms with Crippen molar-refractivity contribution in [3.8, 4) is 5.06 Å². The van der Waals surface area contributed by atoms with Gasteiger partial charge >= 0.3 is 0 Å². The first-order valence-corrected chi connectivity index (χ1v) is 6.87. The highest BCUT2D eigenvalue weighted by Gasteiger charge is 2.08. The Kier molecular flexibility index (Phi) is 3.05. The Morgan fingerprint density at radius 1 is 1.05 bits per heavy atom. The van der Waals surface area contributed by atoms with Crippen LogP contribution in [0.15, 0.2) is 53.5 Å². The SMILES string of the molecule is Cc1ccc(N=Cc2c(O)sc3ccccc23)cc1. The number of rotatable bonds is 2. The van der Waals surface area contributed by atoms with Crippen LogP contribution in [0, 0.1) is 6.92 Å². The zero-order valence-electron chi connectivity index (χ0n) is 10.5. The van der Waals surface area contributed by atoms with Gasteiger partial charge in [0.05, 0.1) is 11.3 Å². The maximum atomic E-state index is 9.98. The van der Waals surface area contributed by atoms with E-state index in [-0.39, 0.29) is 0 Å². The first kappa shape index (κ1) is 11.9. The molecule has 1 heterocycles. The van der Waals surface area contributed by atoms with Gasteiger partial charge in [0.25, 0.3) is 0 Å². The Morgan fingerprint density at radius 3 is 2.58 bits per heavy atom. The van der Waals surface area contributed by atoms with Crippen LogP contribution < -0.4 is 0 Å². The minimum absolute atomic E-state index is 0.317. The zero-order chi connectivity index (χ0) is 13.2. The van der Waals surface area contributed by atoms with Crippen molar-refractivity contribution >= 4 is 33.3 Å². The molecule has 94 valence electrons. The van der Waals surface area contributed by atoms with Crippen molar-refractivity contribution in [1.82, 2.24) is 0 Å². The summed E-state index contributed by atoms with van der Waals surface area (Å²) in [5.74, 6) is 0. The summed E-state index contributed by atoms with van der Waals surface area (Å²) in [6.45, 7) is 2.05. The van der Waals surface area contributed by atoms with Gasteiger partial charge in [0, 0.05) is 16.3 Å². The van der Waals surface area contributed by atoms with Gasteiger partial charge in [-0.1, -0.05) is 47.2 Å². The maximum absolute atomic E-state index is 9.98. The lowest BCUT2D eigenvalue weighted by Gasteiger charge is -1.95. The summed E-state index contributed by atoms with van der Waals surface area (Å²) in [6, 6.07) is 15.9. The predicted molar refractivity (Wildman–Crippen MR) is 81.9 cm³/mol. The van der Waals surface area contributed by atoms with E-state index < -0.39 is 0 Å². The normalized spacial score (nSPS) is 11.4. The smallest absolute Gasteiger partial charge is 0.181 e. The highest BCUT2D eigenvalue weighted by Crippen LogP contribution is 2.35. The number of aryl methyl sites for hydroxylation is 1.